The number of nitrogens with zero attached hydrogens (tertiary/aromatic N) is 3. The van der Waals surface area contributed by atoms with Crippen molar-refractivity contribution in [3.8, 4) is 5.69 Å². The van der Waals surface area contributed by atoms with Gasteiger partial charge in [0.1, 0.15) is 0 Å². The van der Waals surface area contributed by atoms with E-state index >= 15 is 0 Å². The number of amides is 2. The molecule has 0 radical (unpaired) electrons. The zero-order valence-corrected chi connectivity index (χ0v) is 16.5. The first-order valence-electron chi connectivity index (χ1n) is 9.40. The predicted octanol–water partition coefficient (Wildman–Crippen LogP) is 2.54. The monoisotopic (exact) mass is 392 g/mol. The highest BCUT2D eigenvalue weighted by Crippen LogP contribution is 2.20. The van der Waals surface area contributed by atoms with Crippen LogP contribution in [-0.4, -0.2) is 32.9 Å². The van der Waals surface area contributed by atoms with E-state index in [-0.39, 0.29) is 18.2 Å². The van der Waals surface area contributed by atoms with Crippen LogP contribution in [-0.2, 0) is 4.79 Å². The smallest absolute Gasteiger partial charge is 0.271 e. The van der Waals surface area contributed by atoms with Gasteiger partial charge in [0.05, 0.1) is 5.56 Å². The first-order chi connectivity index (χ1) is 14.1. The van der Waals surface area contributed by atoms with E-state index in [9.17, 15) is 9.59 Å². The Bertz CT molecular complexity index is 970. The standard InChI is InChI=1S/C21H24N6O2/c1-15-14-18(16(2)27(15)17-8-4-3-5-9-17)20(29)26-25-19(28)10-6-11-22-21-23-12-7-13-24-21/h3-5,7-9,12-14H,6,10-11H2,1-2H3,(H,25,28)(H,26,29)(H,22,23,24). The summed E-state index contributed by atoms with van der Waals surface area (Å²) in [5, 5.41) is 3.03. The molecule has 150 valence electrons. The van der Waals surface area contributed by atoms with E-state index in [1.165, 1.54) is 0 Å². The van der Waals surface area contributed by atoms with E-state index < -0.39 is 0 Å². The third-order valence-electron chi connectivity index (χ3n) is 4.44. The van der Waals surface area contributed by atoms with Crippen LogP contribution in [0.4, 0.5) is 5.95 Å². The van der Waals surface area contributed by atoms with Gasteiger partial charge in [-0.3, -0.25) is 20.4 Å². The van der Waals surface area contributed by atoms with Crippen molar-refractivity contribution < 1.29 is 9.59 Å². The van der Waals surface area contributed by atoms with Gasteiger partial charge in [0, 0.05) is 42.4 Å². The van der Waals surface area contributed by atoms with Gasteiger partial charge in [-0.15, -0.1) is 0 Å². The summed E-state index contributed by atoms with van der Waals surface area (Å²) in [6, 6.07) is 13.4. The summed E-state index contributed by atoms with van der Waals surface area (Å²) in [7, 11) is 0. The number of aryl methyl sites for hydroxylation is 1. The molecule has 2 aromatic heterocycles. The minimum Gasteiger partial charge on any atom is -0.354 e. The van der Waals surface area contributed by atoms with E-state index in [1.807, 2.05) is 54.8 Å². The Morgan fingerprint density at radius 2 is 1.72 bits per heavy atom. The lowest BCUT2D eigenvalue weighted by atomic mass is 10.2. The van der Waals surface area contributed by atoms with Crippen molar-refractivity contribution in [2.75, 3.05) is 11.9 Å². The van der Waals surface area contributed by atoms with Crippen LogP contribution in [0.1, 0.15) is 34.6 Å². The van der Waals surface area contributed by atoms with E-state index in [4.69, 9.17) is 0 Å². The van der Waals surface area contributed by atoms with Crippen molar-refractivity contribution in [2.45, 2.75) is 26.7 Å². The number of anilines is 1. The van der Waals surface area contributed by atoms with Crippen LogP contribution < -0.4 is 16.2 Å². The zero-order valence-electron chi connectivity index (χ0n) is 16.5. The normalized spacial score (nSPS) is 10.4. The Balaban J connectivity index is 1.49. The van der Waals surface area contributed by atoms with Gasteiger partial charge in [0.2, 0.25) is 11.9 Å². The summed E-state index contributed by atoms with van der Waals surface area (Å²) in [6.07, 6.45) is 4.14. The van der Waals surface area contributed by atoms with Crippen LogP contribution >= 0.6 is 0 Å². The molecule has 0 fully saturated rings. The molecule has 3 N–H and O–H groups in total. The van der Waals surface area contributed by atoms with Crippen LogP contribution in [0.5, 0.6) is 0 Å². The number of hydrogen-bond acceptors (Lipinski definition) is 5. The lowest BCUT2D eigenvalue weighted by Gasteiger charge is -2.10. The summed E-state index contributed by atoms with van der Waals surface area (Å²) in [5.41, 5.74) is 8.23. The highest BCUT2D eigenvalue weighted by Gasteiger charge is 2.17. The highest BCUT2D eigenvalue weighted by atomic mass is 16.2. The summed E-state index contributed by atoms with van der Waals surface area (Å²) in [6.45, 7) is 4.39. The van der Waals surface area contributed by atoms with Gasteiger partial charge in [0.25, 0.3) is 5.91 Å². The van der Waals surface area contributed by atoms with Crippen molar-refractivity contribution >= 4 is 17.8 Å². The largest absolute Gasteiger partial charge is 0.354 e. The fourth-order valence-corrected chi connectivity index (χ4v) is 3.06. The molecule has 0 atom stereocenters. The van der Waals surface area contributed by atoms with Crippen molar-refractivity contribution in [3.63, 3.8) is 0 Å². The number of benzene rings is 1. The Morgan fingerprint density at radius 3 is 2.45 bits per heavy atom. The molecule has 0 unspecified atom stereocenters. The van der Waals surface area contributed by atoms with Crippen LogP contribution in [0.2, 0.25) is 0 Å². The molecule has 1 aromatic carbocycles. The molecule has 0 bridgehead atoms. The third kappa shape index (κ3) is 5.19. The molecular formula is C21H24N6O2. The molecular weight excluding hydrogens is 368 g/mol. The minimum absolute atomic E-state index is 0.258. The number of nitrogens with one attached hydrogen (secondary N) is 3. The van der Waals surface area contributed by atoms with Crippen LogP contribution in [0.25, 0.3) is 5.69 Å². The van der Waals surface area contributed by atoms with Crippen LogP contribution in [0.3, 0.4) is 0 Å². The average molecular weight is 392 g/mol. The average Bonchev–Trinajstić information content (AvgIpc) is 3.05. The van der Waals surface area contributed by atoms with Crippen LogP contribution in [0.15, 0.2) is 54.9 Å². The first kappa shape index (κ1) is 20.1. The van der Waals surface area contributed by atoms with E-state index in [0.717, 1.165) is 17.1 Å². The maximum atomic E-state index is 12.5. The second-order valence-corrected chi connectivity index (χ2v) is 6.56. The van der Waals surface area contributed by atoms with Crippen molar-refractivity contribution in [2.24, 2.45) is 0 Å². The number of carbonyl (C=O) groups excluding carboxylic acids is 2. The quantitative estimate of drug-likeness (QED) is 0.424. The fourth-order valence-electron chi connectivity index (χ4n) is 3.06. The minimum atomic E-state index is -0.343. The summed E-state index contributed by atoms with van der Waals surface area (Å²) < 4.78 is 2.01. The number of carbonyl (C=O) groups is 2. The topological polar surface area (TPSA) is 101 Å². The van der Waals surface area contributed by atoms with E-state index in [0.29, 0.717) is 24.5 Å². The Labute approximate surface area is 169 Å². The Morgan fingerprint density at radius 1 is 1.00 bits per heavy atom. The van der Waals surface area contributed by atoms with Gasteiger partial charge in [-0.2, -0.15) is 0 Å². The van der Waals surface area contributed by atoms with Gasteiger partial charge < -0.3 is 9.88 Å². The lowest BCUT2D eigenvalue weighted by Crippen LogP contribution is -2.41. The number of aromatic nitrogens is 3. The SMILES string of the molecule is Cc1cc(C(=O)NNC(=O)CCCNc2ncccn2)c(C)n1-c1ccccc1. The summed E-state index contributed by atoms with van der Waals surface area (Å²) in [5.74, 6) is -0.0783. The van der Waals surface area contributed by atoms with E-state index in [1.54, 1.807) is 18.5 Å². The molecule has 3 aromatic rings. The molecule has 0 aliphatic rings. The van der Waals surface area contributed by atoms with Gasteiger partial charge in [-0.1, -0.05) is 18.2 Å². The molecule has 3 rings (SSSR count). The van der Waals surface area contributed by atoms with Crippen LogP contribution in [0, 0.1) is 13.8 Å². The van der Waals surface area contributed by atoms with Crippen molar-refractivity contribution in [1.82, 2.24) is 25.4 Å². The molecule has 8 heteroatoms. The summed E-state index contributed by atoms with van der Waals surface area (Å²) in [4.78, 5) is 32.6. The Hall–Kier alpha value is -3.68. The third-order valence-corrected chi connectivity index (χ3v) is 4.44. The highest BCUT2D eigenvalue weighted by molar-refractivity contribution is 5.97. The number of para-hydroxylation sites is 1. The van der Waals surface area contributed by atoms with Crippen molar-refractivity contribution in [1.29, 1.82) is 0 Å². The molecule has 0 saturated carbocycles. The number of rotatable bonds is 7. The molecule has 0 spiro atoms. The molecule has 0 saturated heterocycles. The molecule has 8 nitrogen and oxygen atoms in total. The molecule has 0 aliphatic carbocycles. The van der Waals surface area contributed by atoms with Gasteiger partial charge in [-0.25, -0.2) is 9.97 Å². The number of hydrazine groups is 1. The second-order valence-electron chi connectivity index (χ2n) is 6.56. The number of hydrogen-bond donors (Lipinski definition) is 3. The maximum absolute atomic E-state index is 12.5. The second kappa shape index (κ2) is 9.50. The van der Waals surface area contributed by atoms with Gasteiger partial charge in [-0.05, 0) is 44.5 Å². The Kier molecular flexibility index (Phi) is 6.57. The lowest BCUT2D eigenvalue weighted by molar-refractivity contribution is -0.121. The zero-order chi connectivity index (χ0) is 20.6. The fraction of sp³-hybridized carbons (Fsp3) is 0.238. The molecule has 0 aliphatic heterocycles. The summed E-state index contributed by atoms with van der Waals surface area (Å²) >= 11 is 0. The molecule has 2 amide bonds. The first-order valence-corrected chi connectivity index (χ1v) is 9.40. The van der Waals surface area contributed by atoms with E-state index in [2.05, 4.69) is 26.1 Å². The predicted molar refractivity (Wildman–Crippen MR) is 111 cm³/mol. The maximum Gasteiger partial charge on any atom is 0.271 e. The molecule has 29 heavy (non-hydrogen) atoms. The van der Waals surface area contributed by atoms with Gasteiger partial charge in [0.15, 0.2) is 0 Å². The van der Waals surface area contributed by atoms with Gasteiger partial charge >= 0.3 is 0 Å². The van der Waals surface area contributed by atoms with Crippen molar-refractivity contribution in [3.05, 3.63) is 71.8 Å². The molecule has 2 heterocycles.